The van der Waals surface area contributed by atoms with E-state index in [0.29, 0.717) is 18.7 Å². The third-order valence-electron chi connectivity index (χ3n) is 3.31. The minimum absolute atomic E-state index is 0.0428. The molecule has 1 unspecified atom stereocenters. The lowest BCUT2D eigenvalue weighted by Gasteiger charge is -2.17. The maximum atomic E-state index is 12.4. The van der Waals surface area contributed by atoms with Gasteiger partial charge in [-0.1, -0.05) is 15.9 Å². The molecule has 0 aromatic heterocycles. The van der Waals surface area contributed by atoms with Gasteiger partial charge in [0.25, 0.3) is 0 Å². The molecule has 1 saturated heterocycles. The fourth-order valence-electron chi connectivity index (χ4n) is 2.26. The molecule has 1 aliphatic rings. The van der Waals surface area contributed by atoms with Crippen LogP contribution in [0.3, 0.4) is 0 Å². The van der Waals surface area contributed by atoms with E-state index in [1.54, 1.807) is 12.1 Å². The van der Waals surface area contributed by atoms with Crippen molar-refractivity contribution in [2.24, 2.45) is 0 Å². The molecular weight excluding hydrogens is 346 g/mol. The van der Waals surface area contributed by atoms with Crippen molar-refractivity contribution in [1.29, 1.82) is 0 Å². The van der Waals surface area contributed by atoms with E-state index >= 15 is 0 Å². The number of ether oxygens (including phenoxy) is 1. The summed E-state index contributed by atoms with van der Waals surface area (Å²) in [5.41, 5.74) is 0.585. The highest BCUT2D eigenvalue weighted by Gasteiger charge is 2.20. The minimum Gasteiger partial charge on any atom is -0.434 e. The summed E-state index contributed by atoms with van der Waals surface area (Å²) in [7, 11) is 0. The first-order chi connectivity index (χ1) is 10.1. The number of halogens is 3. The Kier molecular flexibility index (Phi) is 5.93. The average Bonchev–Trinajstić information content (AvgIpc) is 2.63. The van der Waals surface area contributed by atoms with Crippen LogP contribution < -0.4 is 15.4 Å². The van der Waals surface area contributed by atoms with Gasteiger partial charge in [-0.3, -0.25) is 4.79 Å². The second-order valence-corrected chi connectivity index (χ2v) is 5.77. The van der Waals surface area contributed by atoms with Crippen molar-refractivity contribution in [3.63, 3.8) is 0 Å². The Balaban J connectivity index is 2.04. The van der Waals surface area contributed by atoms with Gasteiger partial charge in [-0.2, -0.15) is 8.78 Å². The fraction of sp³-hybridized carbons (Fsp3) is 0.500. The summed E-state index contributed by atoms with van der Waals surface area (Å²) in [6.07, 6.45) is 2.65. The zero-order valence-electron chi connectivity index (χ0n) is 11.4. The summed E-state index contributed by atoms with van der Waals surface area (Å²) >= 11 is 3.30. The Bertz CT molecular complexity index is 500. The van der Waals surface area contributed by atoms with Crippen LogP contribution in [-0.4, -0.2) is 25.1 Å². The molecule has 1 fully saturated rings. The number of benzene rings is 1. The molecular formula is C14H17BrF2N2O2. The van der Waals surface area contributed by atoms with Gasteiger partial charge in [0.2, 0.25) is 5.91 Å². The van der Waals surface area contributed by atoms with Crippen LogP contribution in [0.5, 0.6) is 5.75 Å². The zero-order chi connectivity index (χ0) is 15.2. The first kappa shape index (κ1) is 16.2. The number of alkyl halides is 2. The topological polar surface area (TPSA) is 50.4 Å². The van der Waals surface area contributed by atoms with E-state index in [9.17, 15) is 13.6 Å². The highest BCUT2D eigenvalue weighted by molar-refractivity contribution is 9.10. The van der Waals surface area contributed by atoms with E-state index in [1.165, 1.54) is 6.07 Å². The summed E-state index contributed by atoms with van der Waals surface area (Å²) in [5.74, 6) is 0.0774. The van der Waals surface area contributed by atoms with Crippen molar-refractivity contribution in [3.05, 3.63) is 28.2 Å². The monoisotopic (exact) mass is 362 g/mol. The first-order valence-electron chi connectivity index (χ1n) is 6.80. The predicted octanol–water partition coefficient (Wildman–Crippen LogP) is 2.81. The molecule has 0 spiro atoms. The average molecular weight is 363 g/mol. The molecule has 1 amide bonds. The quantitative estimate of drug-likeness (QED) is 0.846. The van der Waals surface area contributed by atoms with Crippen molar-refractivity contribution in [1.82, 2.24) is 10.6 Å². The number of hydrogen-bond acceptors (Lipinski definition) is 3. The summed E-state index contributed by atoms with van der Waals surface area (Å²) in [6.45, 7) is -1.89. The summed E-state index contributed by atoms with van der Waals surface area (Å²) in [5, 5.41) is 5.94. The first-order valence-corrected chi connectivity index (χ1v) is 7.60. The van der Waals surface area contributed by atoms with Gasteiger partial charge in [0, 0.05) is 23.1 Å². The molecule has 0 radical (unpaired) electrons. The molecule has 7 heteroatoms. The van der Waals surface area contributed by atoms with Gasteiger partial charge in [0.1, 0.15) is 5.75 Å². The predicted molar refractivity (Wildman–Crippen MR) is 78.3 cm³/mol. The summed E-state index contributed by atoms with van der Waals surface area (Å²) in [6, 6.07) is 4.53. The molecule has 1 aliphatic heterocycles. The number of carbonyl (C=O) groups is 1. The van der Waals surface area contributed by atoms with Gasteiger partial charge in [-0.25, -0.2) is 0 Å². The Morgan fingerprint density at radius 2 is 2.24 bits per heavy atom. The Morgan fingerprint density at radius 3 is 3.00 bits per heavy atom. The van der Waals surface area contributed by atoms with Crippen LogP contribution in [0.15, 0.2) is 22.7 Å². The van der Waals surface area contributed by atoms with Gasteiger partial charge < -0.3 is 15.4 Å². The zero-order valence-corrected chi connectivity index (χ0v) is 13.0. The molecule has 0 aliphatic carbocycles. The van der Waals surface area contributed by atoms with Crippen LogP contribution in [0, 0.1) is 0 Å². The van der Waals surface area contributed by atoms with Crippen LogP contribution >= 0.6 is 15.9 Å². The van der Waals surface area contributed by atoms with Crippen molar-refractivity contribution in [3.8, 4) is 5.75 Å². The molecule has 21 heavy (non-hydrogen) atoms. The molecule has 2 N–H and O–H groups in total. The lowest BCUT2D eigenvalue weighted by molar-refractivity contribution is -0.122. The fourth-order valence-corrected chi connectivity index (χ4v) is 2.67. The van der Waals surface area contributed by atoms with Gasteiger partial charge in [-0.05, 0) is 37.5 Å². The van der Waals surface area contributed by atoms with E-state index in [1.807, 2.05) is 0 Å². The van der Waals surface area contributed by atoms with E-state index < -0.39 is 6.61 Å². The minimum atomic E-state index is -2.87. The molecule has 1 atom stereocenters. The molecule has 116 valence electrons. The normalized spacial score (nSPS) is 19.2. The SMILES string of the molecule is O=C1NCCCCC1NCc1cc(Br)ccc1OC(F)F. The third-order valence-corrected chi connectivity index (χ3v) is 3.81. The van der Waals surface area contributed by atoms with Crippen LogP contribution in [0.1, 0.15) is 24.8 Å². The van der Waals surface area contributed by atoms with Crippen molar-refractivity contribution in [2.75, 3.05) is 6.54 Å². The van der Waals surface area contributed by atoms with E-state index in [4.69, 9.17) is 0 Å². The summed E-state index contributed by atoms with van der Waals surface area (Å²) < 4.78 is 30.1. The maximum Gasteiger partial charge on any atom is 0.387 e. The molecule has 1 aromatic carbocycles. The number of rotatable bonds is 5. The molecule has 1 aromatic rings. The number of carbonyl (C=O) groups excluding carboxylic acids is 1. The van der Waals surface area contributed by atoms with Crippen molar-refractivity contribution >= 4 is 21.8 Å². The Morgan fingerprint density at radius 1 is 1.43 bits per heavy atom. The van der Waals surface area contributed by atoms with Gasteiger partial charge in [0.15, 0.2) is 0 Å². The van der Waals surface area contributed by atoms with Crippen LogP contribution in [-0.2, 0) is 11.3 Å². The number of nitrogens with one attached hydrogen (secondary N) is 2. The van der Waals surface area contributed by atoms with Gasteiger partial charge in [0.05, 0.1) is 6.04 Å². The van der Waals surface area contributed by atoms with Crippen LogP contribution in [0.4, 0.5) is 8.78 Å². The smallest absolute Gasteiger partial charge is 0.387 e. The molecule has 0 saturated carbocycles. The molecule has 0 bridgehead atoms. The van der Waals surface area contributed by atoms with Gasteiger partial charge in [-0.15, -0.1) is 0 Å². The van der Waals surface area contributed by atoms with E-state index in [0.717, 1.165) is 23.7 Å². The second kappa shape index (κ2) is 7.70. The number of hydrogen-bond donors (Lipinski definition) is 2. The second-order valence-electron chi connectivity index (χ2n) is 4.85. The van der Waals surface area contributed by atoms with Gasteiger partial charge >= 0.3 is 6.61 Å². The summed E-state index contributed by atoms with van der Waals surface area (Å²) in [4.78, 5) is 11.8. The lowest BCUT2D eigenvalue weighted by Crippen LogP contribution is -2.42. The molecule has 2 rings (SSSR count). The van der Waals surface area contributed by atoms with Crippen LogP contribution in [0.2, 0.25) is 0 Å². The lowest BCUT2D eigenvalue weighted by atomic mass is 10.1. The van der Waals surface area contributed by atoms with E-state index in [2.05, 4.69) is 31.3 Å². The van der Waals surface area contributed by atoms with Crippen LogP contribution in [0.25, 0.3) is 0 Å². The van der Waals surface area contributed by atoms with Crippen molar-refractivity contribution in [2.45, 2.75) is 38.5 Å². The highest BCUT2D eigenvalue weighted by atomic mass is 79.9. The van der Waals surface area contributed by atoms with Crippen molar-refractivity contribution < 1.29 is 18.3 Å². The van der Waals surface area contributed by atoms with E-state index in [-0.39, 0.29) is 17.7 Å². The molecule has 4 nitrogen and oxygen atoms in total. The largest absolute Gasteiger partial charge is 0.434 e. The Labute approximate surface area is 130 Å². The third kappa shape index (κ3) is 4.93. The maximum absolute atomic E-state index is 12.4. The Hall–Kier alpha value is -1.21. The molecule has 1 heterocycles. The standard InChI is InChI=1S/C14H17BrF2N2O2/c15-10-4-5-12(21-14(16)17)9(7-10)8-19-11-3-1-2-6-18-13(11)20/h4-5,7,11,14,19H,1-3,6,8H2,(H,18,20). The highest BCUT2D eigenvalue weighted by Crippen LogP contribution is 2.25. The number of amides is 1.